The maximum Gasteiger partial charge on any atom is 0.349 e. The summed E-state index contributed by atoms with van der Waals surface area (Å²) in [6, 6.07) is 8.11. The number of aromatic nitrogens is 1. The number of rotatable bonds is 4. The largest absolute Gasteiger partial charge is 0.427 e. The summed E-state index contributed by atoms with van der Waals surface area (Å²) in [5.74, 6) is 0.162. The lowest BCUT2D eigenvalue weighted by molar-refractivity contribution is 0.0777. The summed E-state index contributed by atoms with van der Waals surface area (Å²) in [7, 11) is 1.63. The molecule has 0 atom stereocenters. The molecule has 2 N–H and O–H groups in total. The third kappa shape index (κ3) is 3.96. The molecule has 0 unspecified atom stereocenters. The van der Waals surface area contributed by atoms with Gasteiger partial charge in [0.15, 0.2) is 0 Å². The van der Waals surface area contributed by atoms with Crippen LogP contribution in [0.2, 0.25) is 0 Å². The van der Waals surface area contributed by atoms with Gasteiger partial charge in [-0.1, -0.05) is 0 Å². The van der Waals surface area contributed by atoms with Crippen LogP contribution in [-0.4, -0.2) is 35.9 Å². The number of fused-ring (bicyclic) bond motifs is 1. The summed E-state index contributed by atoms with van der Waals surface area (Å²) in [5, 5.41) is 4.03. The topological polar surface area (TPSA) is 78.3 Å². The Morgan fingerprint density at radius 3 is 2.72 bits per heavy atom. The Morgan fingerprint density at radius 1 is 1.24 bits per heavy atom. The summed E-state index contributed by atoms with van der Waals surface area (Å²) in [5.41, 5.74) is 1.66. The van der Waals surface area contributed by atoms with E-state index >= 15 is 0 Å². The van der Waals surface area contributed by atoms with Crippen molar-refractivity contribution in [2.24, 2.45) is 0 Å². The maximum atomic E-state index is 13.4. The molecule has 152 valence electrons. The average molecular weight is 397 g/mol. The van der Waals surface area contributed by atoms with Gasteiger partial charge in [-0.15, -0.1) is 0 Å². The zero-order chi connectivity index (χ0) is 20.5. The molecule has 0 saturated carbocycles. The lowest BCUT2D eigenvalue weighted by atomic mass is 9.94. The minimum atomic E-state index is -0.589. The highest BCUT2D eigenvalue weighted by molar-refractivity contribution is 5.95. The van der Waals surface area contributed by atoms with Crippen molar-refractivity contribution in [3.8, 4) is 0 Å². The number of aromatic amines is 1. The van der Waals surface area contributed by atoms with Crippen LogP contribution in [-0.2, 0) is 6.54 Å². The van der Waals surface area contributed by atoms with E-state index in [2.05, 4.69) is 10.3 Å². The molecule has 29 heavy (non-hydrogen) atoms. The SMILES string of the molecule is Cc1cc(C2CCNCC2)oc(=O)c1C(=O)N(C)Cc1cc2cc(F)ccc2[nH]1. The van der Waals surface area contributed by atoms with E-state index in [0.717, 1.165) is 42.5 Å². The van der Waals surface area contributed by atoms with Gasteiger partial charge in [0, 0.05) is 29.6 Å². The molecule has 0 radical (unpaired) electrons. The van der Waals surface area contributed by atoms with E-state index < -0.39 is 11.5 Å². The second kappa shape index (κ2) is 7.83. The predicted molar refractivity (Wildman–Crippen MR) is 109 cm³/mol. The van der Waals surface area contributed by atoms with E-state index in [-0.39, 0.29) is 23.8 Å². The van der Waals surface area contributed by atoms with Crippen LogP contribution in [0.4, 0.5) is 4.39 Å². The summed E-state index contributed by atoms with van der Waals surface area (Å²) in [4.78, 5) is 30.2. The molecule has 0 spiro atoms. The molecular formula is C22H24FN3O3. The van der Waals surface area contributed by atoms with Gasteiger partial charge in [0.25, 0.3) is 5.91 Å². The van der Waals surface area contributed by atoms with Crippen molar-refractivity contribution in [1.29, 1.82) is 0 Å². The molecule has 4 rings (SSSR count). The van der Waals surface area contributed by atoms with Gasteiger partial charge in [-0.3, -0.25) is 4.79 Å². The highest BCUT2D eigenvalue weighted by Crippen LogP contribution is 2.26. The van der Waals surface area contributed by atoms with Crippen molar-refractivity contribution in [3.63, 3.8) is 0 Å². The Labute approximate surface area is 167 Å². The highest BCUT2D eigenvalue weighted by atomic mass is 19.1. The van der Waals surface area contributed by atoms with Crippen LogP contribution >= 0.6 is 0 Å². The first-order valence-corrected chi connectivity index (χ1v) is 9.80. The van der Waals surface area contributed by atoms with E-state index in [9.17, 15) is 14.0 Å². The molecule has 7 heteroatoms. The Bertz CT molecular complexity index is 1110. The zero-order valence-electron chi connectivity index (χ0n) is 16.5. The summed E-state index contributed by atoms with van der Waals surface area (Å²) in [6.07, 6.45) is 1.83. The number of H-pyrrole nitrogens is 1. The van der Waals surface area contributed by atoms with Crippen LogP contribution < -0.4 is 10.9 Å². The van der Waals surface area contributed by atoms with Gasteiger partial charge in [0.05, 0.1) is 6.54 Å². The van der Waals surface area contributed by atoms with Crippen LogP contribution in [0.15, 0.2) is 39.5 Å². The number of benzene rings is 1. The highest BCUT2D eigenvalue weighted by Gasteiger charge is 2.24. The van der Waals surface area contributed by atoms with Gasteiger partial charge in [0.1, 0.15) is 17.1 Å². The van der Waals surface area contributed by atoms with Gasteiger partial charge in [0.2, 0.25) is 0 Å². The molecule has 1 amide bonds. The Balaban J connectivity index is 1.55. The first-order valence-electron chi connectivity index (χ1n) is 9.80. The standard InChI is InChI=1S/C22H24FN3O3/c1-13-9-19(14-5-7-24-8-6-14)29-22(28)20(13)21(27)26(2)12-17-11-15-10-16(23)3-4-18(15)25-17/h3-4,9-11,14,24-25H,5-8,12H2,1-2H3. The van der Waals surface area contributed by atoms with Gasteiger partial charge in [-0.25, -0.2) is 9.18 Å². The van der Waals surface area contributed by atoms with Crippen molar-refractivity contribution < 1.29 is 13.6 Å². The number of carbonyl (C=O) groups excluding carboxylic acids is 1. The van der Waals surface area contributed by atoms with Crippen molar-refractivity contribution in [2.75, 3.05) is 20.1 Å². The zero-order valence-corrected chi connectivity index (χ0v) is 16.5. The van der Waals surface area contributed by atoms with Crippen molar-refractivity contribution in [2.45, 2.75) is 32.2 Å². The summed E-state index contributed by atoms with van der Waals surface area (Å²) >= 11 is 0. The molecular weight excluding hydrogens is 373 g/mol. The van der Waals surface area contributed by atoms with Crippen molar-refractivity contribution >= 4 is 16.8 Å². The number of halogens is 1. The molecule has 0 bridgehead atoms. The third-order valence-electron chi connectivity index (χ3n) is 5.52. The summed E-state index contributed by atoms with van der Waals surface area (Å²) in [6.45, 7) is 3.83. The molecule has 1 aromatic carbocycles. The molecule has 3 aromatic rings. The fraction of sp³-hybridized carbons (Fsp3) is 0.364. The van der Waals surface area contributed by atoms with Crippen LogP contribution in [0.1, 0.15) is 46.1 Å². The minimum absolute atomic E-state index is 0.0624. The predicted octanol–water partition coefficient (Wildman–Crippen LogP) is 3.31. The van der Waals surface area contributed by atoms with E-state index in [4.69, 9.17) is 4.42 Å². The molecule has 1 aliphatic rings. The second-order valence-electron chi connectivity index (χ2n) is 7.71. The normalized spacial score (nSPS) is 15.0. The Kier molecular flexibility index (Phi) is 5.24. The Hall–Kier alpha value is -2.93. The maximum absolute atomic E-state index is 13.4. The molecule has 1 saturated heterocycles. The number of amides is 1. The molecule has 3 heterocycles. The molecule has 2 aromatic heterocycles. The first-order chi connectivity index (χ1) is 13.9. The van der Waals surface area contributed by atoms with Gasteiger partial charge in [-0.05, 0) is 68.8 Å². The van der Waals surface area contributed by atoms with Crippen LogP contribution in [0.5, 0.6) is 0 Å². The number of aryl methyl sites for hydroxylation is 1. The van der Waals surface area contributed by atoms with Crippen LogP contribution in [0.25, 0.3) is 10.9 Å². The van der Waals surface area contributed by atoms with Crippen LogP contribution in [0.3, 0.4) is 0 Å². The first kappa shape index (κ1) is 19.4. The fourth-order valence-electron chi connectivity index (χ4n) is 3.96. The number of nitrogens with zero attached hydrogens (tertiary/aromatic N) is 1. The number of hydrogen-bond acceptors (Lipinski definition) is 4. The lowest BCUT2D eigenvalue weighted by Gasteiger charge is -2.22. The fourth-order valence-corrected chi connectivity index (χ4v) is 3.96. The van der Waals surface area contributed by atoms with Crippen molar-refractivity contribution in [1.82, 2.24) is 15.2 Å². The quantitative estimate of drug-likeness (QED) is 0.708. The number of piperidine rings is 1. The third-order valence-corrected chi connectivity index (χ3v) is 5.52. The van der Waals surface area contributed by atoms with E-state index in [1.54, 1.807) is 26.1 Å². The molecule has 6 nitrogen and oxygen atoms in total. The second-order valence-corrected chi connectivity index (χ2v) is 7.71. The average Bonchev–Trinajstić information content (AvgIpc) is 3.09. The van der Waals surface area contributed by atoms with Crippen molar-refractivity contribution in [3.05, 3.63) is 69.2 Å². The van der Waals surface area contributed by atoms with E-state index in [0.29, 0.717) is 11.3 Å². The lowest BCUT2D eigenvalue weighted by Crippen LogP contribution is -2.32. The number of nitrogens with one attached hydrogen (secondary N) is 2. The minimum Gasteiger partial charge on any atom is -0.427 e. The molecule has 1 fully saturated rings. The summed E-state index contributed by atoms with van der Waals surface area (Å²) < 4.78 is 18.9. The monoisotopic (exact) mass is 397 g/mol. The molecule has 0 aliphatic carbocycles. The smallest absolute Gasteiger partial charge is 0.349 e. The van der Waals surface area contributed by atoms with E-state index in [1.807, 2.05) is 6.07 Å². The van der Waals surface area contributed by atoms with Crippen LogP contribution in [0, 0.1) is 12.7 Å². The molecule has 1 aliphatic heterocycles. The van der Waals surface area contributed by atoms with E-state index in [1.165, 1.54) is 17.0 Å². The Morgan fingerprint density at radius 2 is 2.00 bits per heavy atom. The van der Waals surface area contributed by atoms with Gasteiger partial charge >= 0.3 is 5.63 Å². The van der Waals surface area contributed by atoms with Gasteiger partial charge < -0.3 is 19.6 Å². The number of carbonyl (C=O) groups is 1. The number of hydrogen-bond donors (Lipinski definition) is 2. The van der Waals surface area contributed by atoms with Gasteiger partial charge in [-0.2, -0.15) is 0 Å².